The summed E-state index contributed by atoms with van der Waals surface area (Å²) in [5, 5.41) is 0. The molecule has 0 radical (unpaired) electrons. The molecule has 8 heteroatoms. The number of aromatic nitrogens is 2. The first kappa shape index (κ1) is 13.9. The van der Waals surface area contributed by atoms with Gasteiger partial charge in [-0.05, 0) is 40.2 Å². The van der Waals surface area contributed by atoms with Crippen molar-refractivity contribution in [3.8, 4) is 0 Å². The molecule has 108 valence electrons. The molecule has 0 saturated heterocycles. The first-order valence-corrected chi connectivity index (χ1v) is 8.23. The van der Waals surface area contributed by atoms with Gasteiger partial charge in [-0.3, -0.25) is 4.72 Å². The third kappa shape index (κ3) is 2.72. The number of sulfonamides is 1. The fourth-order valence-electron chi connectivity index (χ4n) is 1.94. The van der Waals surface area contributed by atoms with E-state index in [-0.39, 0.29) is 10.6 Å². The number of anilines is 1. The van der Waals surface area contributed by atoms with E-state index < -0.39 is 10.0 Å². The Bertz CT molecular complexity index is 961. The van der Waals surface area contributed by atoms with Crippen LogP contribution in [0.4, 0.5) is 5.69 Å². The number of benzene rings is 2. The summed E-state index contributed by atoms with van der Waals surface area (Å²) < 4.78 is 27.6. The quantitative estimate of drug-likeness (QED) is 0.663. The van der Waals surface area contributed by atoms with Crippen molar-refractivity contribution in [1.29, 1.82) is 0 Å². The second-order valence-corrected chi connectivity index (χ2v) is 6.91. The molecule has 0 saturated carbocycles. The van der Waals surface area contributed by atoms with E-state index >= 15 is 0 Å². The van der Waals surface area contributed by atoms with Gasteiger partial charge in [0.05, 0.1) is 21.6 Å². The highest BCUT2D eigenvalue weighted by atomic mass is 79.9. The number of aromatic amines is 2. The predicted octanol–water partition coefficient (Wildman–Crippen LogP) is 2.42. The first-order valence-electron chi connectivity index (χ1n) is 5.95. The van der Waals surface area contributed by atoms with Crippen LogP contribution in [0.15, 0.2) is 56.6 Å². The predicted molar refractivity (Wildman–Crippen MR) is 83.9 cm³/mol. The normalized spacial score (nSPS) is 11.7. The van der Waals surface area contributed by atoms with Crippen molar-refractivity contribution in [2.45, 2.75) is 4.90 Å². The molecule has 3 N–H and O–H groups in total. The van der Waals surface area contributed by atoms with Crippen molar-refractivity contribution in [3.05, 3.63) is 57.4 Å². The number of H-pyrrole nitrogens is 2. The molecule has 0 bridgehead atoms. The smallest absolute Gasteiger partial charge is 0.306 e. The van der Waals surface area contributed by atoms with Gasteiger partial charge >= 0.3 is 5.69 Å². The van der Waals surface area contributed by atoms with E-state index in [0.717, 1.165) is 0 Å². The fourth-order valence-corrected chi connectivity index (χ4v) is 3.60. The fraction of sp³-hybridized carbons (Fsp3) is 0. The number of imidazole rings is 1. The Kier molecular flexibility index (Phi) is 3.34. The summed E-state index contributed by atoms with van der Waals surface area (Å²) in [5.41, 5.74) is 1.12. The third-order valence-corrected chi connectivity index (χ3v) is 4.94. The molecule has 1 aromatic heterocycles. The van der Waals surface area contributed by atoms with Gasteiger partial charge in [0.25, 0.3) is 10.0 Å². The standard InChI is InChI=1S/C13H10BrN3O3S/c14-9-6-11-12(16-13(18)15-11)7-10(9)17-21(19,20)8-4-2-1-3-5-8/h1-7,17H,(H2,15,16,18). The minimum atomic E-state index is -3.68. The van der Waals surface area contributed by atoms with Gasteiger partial charge in [-0.2, -0.15) is 0 Å². The maximum absolute atomic E-state index is 12.3. The van der Waals surface area contributed by atoms with E-state index in [9.17, 15) is 13.2 Å². The molecule has 0 spiro atoms. The minimum absolute atomic E-state index is 0.166. The number of rotatable bonds is 3. The zero-order valence-corrected chi connectivity index (χ0v) is 13.0. The van der Waals surface area contributed by atoms with Crippen LogP contribution in [0.1, 0.15) is 0 Å². The SMILES string of the molecule is O=c1[nH]c2cc(Br)c(NS(=O)(=O)c3ccccc3)cc2[nH]1. The number of halogens is 1. The van der Waals surface area contributed by atoms with Crippen molar-refractivity contribution < 1.29 is 8.42 Å². The summed E-state index contributed by atoms with van der Waals surface area (Å²) in [4.78, 5) is 16.6. The van der Waals surface area contributed by atoms with Gasteiger partial charge in [0.2, 0.25) is 0 Å². The largest absolute Gasteiger partial charge is 0.323 e. The highest BCUT2D eigenvalue weighted by molar-refractivity contribution is 9.10. The Labute approximate surface area is 128 Å². The van der Waals surface area contributed by atoms with Gasteiger partial charge in [0.1, 0.15) is 0 Å². The highest BCUT2D eigenvalue weighted by Crippen LogP contribution is 2.28. The van der Waals surface area contributed by atoms with Crippen LogP contribution in [0.2, 0.25) is 0 Å². The number of nitrogens with one attached hydrogen (secondary N) is 3. The number of fused-ring (bicyclic) bond motifs is 1. The van der Waals surface area contributed by atoms with Crippen LogP contribution in [0, 0.1) is 0 Å². The second-order valence-electron chi connectivity index (χ2n) is 4.38. The van der Waals surface area contributed by atoms with Gasteiger partial charge in [-0.1, -0.05) is 18.2 Å². The van der Waals surface area contributed by atoms with Gasteiger partial charge < -0.3 is 9.97 Å². The van der Waals surface area contributed by atoms with Crippen molar-refractivity contribution in [1.82, 2.24) is 9.97 Å². The summed E-state index contributed by atoms with van der Waals surface area (Å²) in [5.74, 6) is 0. The molecule has 0 fully saturated rings. The lowest BCUT2D eigenvalue weighted by Gasteiger charge is -2.09. The minimum Gasteiger partial charge on any atom is -0.306 e. The summed E-state index contributed by atoms with van der Waals surface area (Å²) >= 11 is 3.29. The molecular formula is C13H10BrN3O3S. The van der Waals surface area contributed by atoms with Gasteiger partial charge in [0, 0.05) is 4.47 Å². The Hall–Kier alpha value is -2.06. The van der Waals surface area contributed by atoms with Gasteiger partial charge in [0.15, 0.2) is 0 Å². The maximum Gasteiger partial charge on any atom is 0.323 e. The van der Waals surface area contributed by atoms with E-state index in [0.29, 0.717) is 21.2 Å². The Balaban J connectivity index is 2.05. The number of hydrogen-bond donors (Lipinski definition) is 3. The van der Waals surface area contributed by atoms with Crippen molar-refractivity contribution in [3.63, 3.8) is 0 Å². The van der Waals surface area contributed by atoms with E-state index in [1.807, 2.05) is 0 Å². The van der Waals surface area contributed by atoms with Crippen LogP contribution < -0.4 is 10.4 Å². The summed E-state index contributed by atoms with van der Waals surface area (Å²) in [6.07, 6.45) is 0. The molecule has 0 aliphatic carbocycles. The molecule has 1 heterocycles. The monoisotopic (exact) mass is 367 g/mol. The lowest BCUT2D eigenvalue weighted by Crippen LogP contribution is -2.13. The zero-order valence-electron chi connectivity index (χ0n) is 10.6. The number of hydrogen-bond acceptors (Lipinski definition) is 3. The van der Waals surface area contributed by atoms with Crippen molar-refractivity contribution in [2.24, 2.45) is 0 Å². The molecule has 0 aliphatic heterocycles. The Morgan fingerprint density at radius 2 is 1.62 bits per heavy atom. The van der Waals surface area contributed by atoms with Crippen molar-refractivity contribution >= 4 is 42.7 Å². The summed E-state index contributed by atoms with van der Waals surface area (Å²) in [7, 11) is -3.68. The molecule has 0 aliphatic rings. The average Bonchev–Trinajstić information content (AvgIpc) is 2.79. The average molecular weight is 368 g/mol. The van der Waals surface area contributed by atoms with Crippen LogP contribution in [0.3, 0.4) is 0 Å². The zero-order chi connectivity index (χ0) is 15.0. The molecule has 0 atom stereocenters. The second kappa shape index (κ2) is 5.05. The van der Waals surface area contributed by atoms with E-state index in [1.54, 1.807) is 30.3 Å². The Morgan fingerprint density at radius 3 is 2.29 bits per heavy atom. The molecular weight excluding hydrogens is 358 g/mol. The Morgan fingerprint density at radius 1 is 1.00 bits per heavy atom. The molecule has 6 nitrogen and oxygen atoms in total. The molecule has 0 amide bonds. The first-order chi connectivity index (χ1) is 9.95. The molecule has 3 aromatic rings. The van der Waals surface area contributed by atoms with Crippen molar-refractivity contribution in [2.75, 3.05) is 4.72 Å². The summed E-state index contributed by atoms with van der Waals surface area (Å²) in [6, 6.07) is 11.2. The maximum atomic E-state index is 12.3. The van der Waals surface area contributed by atoms with Crippen LogP contribution >= 0.6 is 15.9 Å². The molecule has 2 aromatic carbocycles. The van der Waals surface area contributed by atoms with E-state index in [2.05, 4.69) is 30.6 Å². The lowest BCUT2D eigenvalue weighted by molar-refractivity contribution is 0.601. The topological polar surface area (TPSA) is 94.8 Å². The lowest BCUT2D eigenvalue weighted by atomic mass is 10.3. The molecule has 0 unspecified atom stereocenters. The van der Waals surface area contributed by atoms with Crippen LogP contribution in [0.5, 0.6) is 0 Å². The van der Waals surface area contributed by atoms with Crippen LogP contribution in [-0.2, 0) is 10.0 Å². The van der Waals surface area contributed by atoms with Crippen LogP contribution in [-0.4, -0.2) is 18.4 Å². The third-order valence-electron chi connectivity index (χ3n) is 2.90. The van der Waals surface area contributed by atoms with E-state index in [4.69, 9.17) is 0 Å². The van der Waals surface area contributed by atoms with Crippen LogP contribution in [0.25, 0.3) is 11.0 Å². The molecule has 21 heavy (non-hydrogen) atoms. The molecule has 3 rings (SSSR count). The highest BCUT2D eigenvalue weighted by Gasteiger charge is 2.16. The van der Waals surface area contributed by atoms with E-state index in [1.165, 1.54) is 12.1 Å². The summed E-state index contributed by atoms with van der Waals surface area (Å²) in [6.45, 7) is 0. The van der Waals surface area contributed by atoms with Gasteiger partial charge in [-0.25, -0.2) is 13.2 Å². The van der Waals surface area contributed by atoms with Gasteiger partial charge in [-0.15, -0.1) is 0 Å².